The number of benzene rings is 1. The van der Waals surface area contributed by atoms with E-state index in [-0.39, 0.29) is 11.5 Å². The average Bonchev–Trinajstić information content (AvgIpc) is 2.91. The first-order valence-corrected chi connectivity index (χ1v) is 18.8. The van der Waals surface area contributed by atoms with E-state index in [0.29, 0.717) is 17.8 Å². The Bertz CT molecular complexity index is 857. The molecule has 1 aromatic carbocycles. The Morgan fingerprint density at radius 1 is 1.03 bits per heavy atom. The lowest BCUT2D eigenvalue weighted by atomic mass is 9.55. The van der Waals surface area contributed by atoms with Gasteiger partial charge in [0.05, 0.1) is 11.8 Å². The maximum absolute atomic E-state index is 6.76. The summed E-state index contributed by atoms with van der Waals surface area (Å²) in [5.41, 5.74) is 4.39. The van der Waals surface area contributed by atoms with Gasteiger partial charge >= 0.3 is 0 Å². The third-order valence-electron chi connectivity index (χ3n) is 7.57. The van der Waals surface area contributed by atoms with Crippen molar-refractivity contribution >= 4 is 22.3 Å². The zero-order valence-corrected chi connectivity index (χ0v) is 22.7. The van der Waals surface area contributed by atoms with E-state index in [0.717, 1.165) is 24.3 Å². The third kappa shape index (κ3) is 4.53. The van der Waals surface area contributed by atoms with Gasteiger partial charge in [-0.15, -0.1) is 0 Å². The Morgan fingerprint density at radius 2 is 1.77 bits per heavy atom. The van der Waals surface area contributed by atoms with Gasteiger partial charge in [0.2, 0.25) is 8.32 Å². The second kappa shape index (κ2) is 8.03. The van der Waals surface area contributed by atoms with Crippen LogP contribution in [0.5, 0.6) is 5.75 Å². The van der Waals surface area contributed by atoms with Crippen LogP contribution in [-0.2, 0) is 15.7 Å². The average molecular weight is 460 g/mol. The van der Waals surface area contributed by atoms with E-state index in [2.05, 4.69) is 69.6 Å². The van der Waals surface area contributed by atoms with Gasteiger partial charge in [-0.1, -0.05) is 18.1 Å². The second-order valence-electron chi connectivity index (χ2n) is 12.1. The number of hydrogen-bond acceptors (Lipinski definition) is 4. The van der Waals surface area contributed by atoms with Crippen LogP contribution in [-0.4, -0.2) is 35.6 Å². The predicted molar refractivity (Wildman–Crippen MR) is 133 cm³/mol. The van der Waals surface area contributed by atoms with E-state index in [4.69, 9.17) is 13.7 Å². The number of hydrogen-bond donors (Lipinski definition) is 0. The van der Waals surface area contributed by atoms with Crippen LogP contribution in [0, 0.1) is 17.3 Å². The fraction of sp³-hybridized carbons (Fsp3) is 0.720. The van der Waals surface area contributed by atoms with Crippen molar-refractivity contribution in [3.63, 3.8) is 0 Å². The Morgan fingerprint density at radius 3 is 2.42 bits per heavy atom. The summed E-state index contributed by atoms with van der Waals surface area (Å²) in [6.45, 7) is 16.1. The number of nitrogens with zero attached hydrogens (tertiary/aromatic N) is 1. The van der Waals surface area contributed by atoms with Crippen LogP contribution in [0.2, 0.25) is 39.3 Å². The van der Waals surface area contributed by atoms with E-state index < -0.39 is 16.6 Å². The number of rotatable bonds is 5. The first kappa shape index (κ1) is 23.1. The molecule has 0 N–H and O–H groups in total. The highest BCUT2D eigenvalue weighted by molar-refractivity contribution is 6.70. The molecule has 4 rings (SSSR count). The minimum Gasteiger partial charge on any atom is -0.544 e. The topological polar surface area (TPSA) is 40.0 Å². The molecule has 5 atom stereocenters. The summed E-state index contributed by atoms with van der Waals surface area (Å²) in [5.74, 6) is 3.04. The fourth-order valence-electron chi connectivity index (χ4n) is 6.51. The van der Waals surface area contributed by atoms with Gasteiger partial charge in [-0.3, -0.25) is 0 Å². The van der Waals surface area contributed by atoms with Crippen LogP contribution in [0.1, 0.15) is 49.7 Å². The summed E-state index contributed by atoms with van der Waals surface area (Å²) in [4.78, 5) is 5.28. The third-order valence-corrected chi connectivity index (χ3v) is 9.36. The first-order valence-electron chi connectivity index (χ1n) is 12.0. The minimum atomic E-state index is -1.69. The molecule has 0 spiro atoms. The van der Waals surface area contributed by atoms with Crippen molar-refractivity contribution in [1.29, 1.82) is 0 Å². The molecule has 172 valence electrons. The number of aryl methyl sites for hydroxylation is 1. The molecule has 0 aliphatic heterocycles. The van der Waals surface area contributed by atoms with Crippen molar-refractivity contribution in [2.24, 2.45) is 22.4 Å². The molecule has 31 heavy (non-hydrogen) atoms. The van der Waals surface area contributed by atoms with Crippen molar-refractivity contribution in [1.82, 2.24) is 0 Å². The van der Waals surface area contributed by atoms with Crippen LogP contribution in [0.4, 0.5) is 0 Å². The molecule has 0 saturated heterocycles. The standard InChI is InChI=1S/C25H41NO3Si2/c1-25-14-13-20-19-12-10-18(28-30(3,4)5)15-17(19)9-11-21(20)22(25)16-23(26-27-2)24(25)29-31(6,7)8/h10,12,15,20-22,24H,9,11,13-14,16H2,1-8H3/b26-23-/t20-,21-,22+,24-,25+/m1/s1. The summed E-state index contributed by atoms with van der Waals surface area (Å²) in [6, 6.07) is 6.93. The minimum absolute atomic E-state index is 0.110. The summed E-state index contributed by atoms with van der Waals surface area (Å²) in [5, 5.41) is 4.49. The van der Waals surface area contributed by atoms with Crippen molar-refractivity contribution < 1.29 is 13.7 Å². The van der Waals surface area contributed by atoms with E-state index in [1.165, 1.54) is 24.8 Å². The monoisotopic (exact) mass is 459 g/mol. The molecule has 0 aromatic heterocycles. The molecule has 0 bridgehead atoms. The summed E-state index contributed by atoms with van der Waals surface area (Å²) in [7, 11) is -1.61. The lowest BCUT2D eigenvalue weighted by Crippen LogP contribution is -2.48. The van der Waals surface area contributed by atoms with Gasteiger partial charge in [0.15, 0.2) is 8.32 Å². The quantitative estimate of drug-likeness (QED) is 0.368. The largest absolute Gasteiger partial charge is 0.544 e. The van der Waals surface area contributed by atoms with Crippen molar-refractivity contribution in [3.05, 3.63) is 29.3 Å². The molecule has 0 amide bonds. The SMILES string of the molecule is CO/N=C1/C[C@H]2[C@@H]3CCc4cc(O[Si](C)(C)C)ccc4[C@H]3CC[C@]2(C)[C@@H]1O[Si](C)(C)C. The van der Waals surface area contributed by atoms with E-state index in [1.54, 1.807) is 12.7 Å². The second-order valence-corrected chi connectivity index (χ2v) is 21.0. The molecule has 4 nitrogen and oxygen atoms in total. The molecular weight excluding hydrogens is 418 g/mol. The van der Waals surface area contributed by atoms with Crippen molar-refractivity contribution in [2.75, 3.05) is 7.11 Å². The van der Waals surface area contributed by atoms with Gasteiger partial charge in [-0.05, 0) is 112 Å². The van der Waals surface area contributed by atoms with Gasteiger partial charge < -0.3 is 13.7 Å². The smallest absolute Gasteiger partial charge is 0.242 e. The molecule has 6 heteroatoms. The van der Waals surface area contributed by atoms with Gasteiger partial charge in [-0.2, -0.15) is 0 Å². The van der Waals surface area contributed by atoms with Crippen LogP contribution in [0.3, 0.4) is 0 Å². The Hall–Kier alpha value is -1.12. The molecule has 0 unspecified atom stereocenters. The van der Waals surface area contributed by atoms with E-state index in [9.17, 15) is 0 Å². The van der Waals surface area contributed by atoms with Gasteiger partial charge in [0, 0.05) is 5.41 Å². The highest BCUT2D eigenvalue weighted by Crippen LogP contribution is 2.61. The van der Waals surface area contributed by atoms with Gasteiger partial charge in [-0.25, -0.2) is 0 Å². The highest BCUT2D eigenvalue weighted by atomic mass is 28.4. The Balaban J connectivity index is 1.62. The van der Waals surface area contributed by atoms with Gasteiger partial charge in [0.1, 0.15) is 12.9 Å². The number of fused-ring (bicyclic) bond motifs is 5. The van der Waals surface area contributed by atoms with Crippen LogP contribution >= 0.6 is 0 Å². The highest BCUT2D eigenvalue weighted by Gasteiger charge is 2.58. The van der Waals surface area contributed by atoms with E-state index in [1.807, 2.05) is 0 Å². The van der Waals surface area contributed by atoms with Crippen LogP contribution < -0.4 is 4.43 Å². The molecule has 2 saturated carbocycles. The first-order chi connectivity index (χ1) is 14.4. The van der Waals surface area contributed by atoms with Crippen LogP contribution in [0.15, 0.2) is 23.4 Å². The molecular formula is C25H41NO3Si2. The lowest BCUT2D eigenvalue weighted by molar-refractivity contribution is -0.00511. The zero-order chi connectivity index (χ0) is 22.6. The zero-order valence-electron chi connectivity index (χ0n) is 20.7. The molecule has 0 heterocycles. The molecule has 3 aliphatic carbocycles. The van der Waals surface area contributed by atoms with Crippen molar-refractivity contribution in [3.8, 4) is 5.75 Å². The lowest BCUT2D eigenvalue weighted by Gasteiger charge is -2.51. The molecule has 0 radical (unpaired) electrons. The normalized spacial score (nSPS) is 34.1. The molecule has 3 aliphatic rings. The summed E-state index contributed by atoms with van der Waals surface area (Å²) in [6.07, 6.45) is 5.98. The molecule has 2 fully saturated rings. The van der Waals surface area contributed by atoms with Crippen LogP contribution in [0.25, 0.3) is 0 Å². The summed E-state index contributed by atoms with van der Waals surface area (Å²) < 4.78 is 13.1. The Labute approximate surface area is 191 Å². The fourth-order valence-corrected chi connectivity index (χ4v) is 8.45. The Kier molecular flexibility index (Phi) is 5.97. The van der Waals surface area contributed by atoms with E-state index >= 15 is 0 Å². The van der Waals surface area contributed by atoms with Gasteiger partial charge in [0.25, 0.3) is 0 Å². The van der Waals surface area contributed by atoms with Crippen molar-refractivity contribution in [2.45, 2.75) is 90.3 Å². The maximum Gasteiger partial charge on any atom is 0.242 e. The molecule has 1 aromatic rings. The number of oxime groups is 1. The summed E-state index contributed by atoms with van der Waals surface area (Å²) >= 11 is 0. The maximum atomic E-state index is 6.76. The predicted octanol–water partition coefficient (Wildman–Crippen LogP) is 6.59.